The number of oxazole rings is 1. The van der Waals surface area contributed by atoms with Gasteiger partial charge in [0.15, 0.2) is 5.13 Å². The van der Waals surface area contributed by atoms with Gasteiger partial charge in [0, 0.05) is 30.5 Å². The normalized spacial score (nSPS) is 12.2. The molecule has 3 aromatic rings. The van der Waals surface area contributed by atoms with Crippen molar-refractivity contribution < 1.29 is 14.3 Å². The SMILES string of the molecule is CC(C)(CO)CNCc1cccc(CC(=O)Nc2ncc(SCc3ncc(C(C)(C)C)o3)s2)c1. The van der Waals surface area contributed by atoms with Crippen molar-refractivity contribution in [2.45, 2.75) is 63.0 Å². The second-order valence-electron chi connectivity index (χ2n) is 10.1. The van der Waals surface area contributed by atoms with Crippen molar-refractivity contribution in [3.8, 4) is 0 Å². The van der Waals surface area contributed by atoms with E-state index in [-0.39, 0.29) is 29.8 Å². The molecule has 0 atom stereocenters. The molecule has 0 saturated heterocycles. The van der Waals surface area contributed by atoms with Crippen molar-refractivity contribution in [1.82, 2.24) is 15.3 Å². The zero-order chi connectivity index (χ0) is 24.8. The molecule has 7 nitrogen and oxygen atoms in total. The number of nitrogens with one attached hydrogen (secondary N) is 2. The summed E-state index contributed by atoms with van der Waals surface area (Å²) >= 11 is 3.03. The molecule has 0 unspecified atom stereocenters. The Morgan fingerprint density at radius 3 is 2.62 bits per heavy atom. The minimum Gasteiger partial charge on any atom is -0.444 e. The van der Waals surface area contributed by atoms with Crippen molar-refractivity contribution in [2.24, 2.45) is 5.41 Å². The van der Waals surface area contributed by atoms with Gasteiger partial charge in [-0.3, -0.25) is 4.79 Å². The summed E-state index contributed by atoms with van der Waals surface area (Å²) in [5.74, 6) is 2.07. The van der Waals surface area contributed by atoms with E-state index >= 15 is 0 Å². The first-order chi connectivity index (χ1) is 16.0. The molecule has 0 aliphatic rings. The lowest BCUT2D eigenvalue weighted by Gasteiger charge is -2.22. The fourth-order valence-corrected chi connectivity index (χ4v) is 4.78. The van der Waals surface area contributed by atoms with Crippen LogP contribution in [0.5, 0.6) is 0 Å². The highest BCUT2D eigenvalue weighted by Crippen LogP contribution is 2.31. The van der Waals surface area contributed by atoms with Gasteiger partial charge in [-0.25, -0.2) is 9.97 Å². The average Bonchev–Trinajstić information content (AvgIpc) is 3.42. The molecule has 0 aliphatic carbocycles. The Labute approximate surface area is 209 Å². The fraction of sp³-hybridized carbons (Fsp3) is 0.480. The third kappa shape index (κ3) is 8.23. The smallest absolute Gasteiger partial charge is 0.230 e. The van der Waals surface area contributed by atoms with Gasteiger partial charge in [0.05, 0.1) is 28.8 Å². The van der Waals surface area contributed by atoms with Crippen LogP contribution in [0.3, 0.4) is 0 Å². The maximum absolute atomic E-state index is 12.5. The lowest BCUT2D eigenvalue weighted by atomic mass is 9.94. The van der Waals surface area contributed by atoms with E-state index in [1.807, 2.05) is 38.1 Å². The number of aliphatic hydroxyl groups excluding tert-OH is 1. The molecule has 2 heterocycles. The lowest BCUT2D eigenvalue weighted by molar-refractivity contribution is -0.115. The molecule has 1 amide bonds. The van der Waals surface area contributed by atoms with E-state index in [9.17, 15) is 9.90 Å². The first kappa shape index (κ1) is 26.4. The number of nitrogens with zero attached hydrogens (tertiary/aromatic N) is 2. The van der Waals surface area contributed by atoms with Gasteiger partial charge in [-0.05, 0) is 11.1 Å². The maximum Gasteiger partial charge on any atom is 0.230 e. The minimum atomic E-state index is -0.161. The van der Waals surface area contributed by atoms with E-state index in [4.69, 9.17) is 4.42 Å². The van der Waals surface area contributed by atoms with Crippen LogP contribution in [0.1, 0.15) is 57.4 Å². The minimum absolute atomic E-state index is 0.0648. The van der Waals surface area contributed by atoms with Crippen LogP contribution in [-0.4, -0.2) is 34.1 Å². The van der Waals surface area contributed by atoms with E-state index < -0.39 is 0 Å². The molecule has 0 fully saturated rings. The number of thiazole rings is 1. The van der Waals surface area contributed by atoms with Crippen molar-refractivity contribution >= 4 is 34.1 Å². The summed E-state index contributed by atoms with van der Waals surface area (Å²) in [6.07, 6.45) is 3.83. The number of hydrogen-bond acceptors (Lipinski definition) is 8. The number of rotatable bonds is 11. The molecule has 0 saturated carbocycles. The standard InChI is InChI=1S/C25H34N4O3S2/c1-24(2,3)19-12-27-21(32-19)14-33-22-13-28-23(34-22)29-20(31)10-17-7-6-8-18(9-17)11-26-15-25(4,5)16-30/h6-9,12-13,26,30H,10-11,14-16H2,1-5H3,(H,28,29,31). The molecular formula is C25H34N4O3S2. The number of aromatic nitrogens is 2. The number of aliphatic hydroxyl groups is 1. The highest BCUT2D eigenvalue weighted by atomic mass is 32.2. The van der Waals surface area contributed by atoms with E-state index in [1.165, 1.54) is 11.3 Å². The van der Waals surface area contributed by atoms with Gasteiger partial charge in [-0.15, -0.1) is 11.8 Å². The summed E-state index contributed by atoms with van der Waals surface area (Å²) in [7, 11) is 0. The van der Waals surface area contributed by atoms with Crippen LogP contribution in [0.25, 0.3) is 0 Å². The second-order valence-corrected chi connectivity index (χ2v) is 12.4. The van der Waals surface area contributed by atoms with Gasteiger partial charge >= 0.3 is 0 Å². The van der Waals surface area contributed by atoms with Gasteiger partial charge in [0.2, 0.25) is 11.8 Å². The molecule has 9 heteroatoms. The van der Waals surface area contributed by atoms with Crippen molar-refractivity contribution in [1.29, 1.82) is 0 Å². The number of hydrogen-bond donors (Lipinski definition) is 3. The molecule has 0 radical (unpaired) electrons. The number of anilines is 1. The summed E-state index contributed by atoms with van der Waals surface area (Å²) in [6.45, 7) is 11.8. The Kier molecular flexibility index (Phi) is 8.92. The zero-order valence-electron chi connectivity index (χ0n) is 20.5. The van der Waals surface area contributed by atoms with Gasteiger partial charge in [-0.1, -0.05) is 70.2 Å². The summed E-state index contributed by atoms with van der Waals surface area (Å²) in [5, 5.41) is 16.2. The first-order valence-corrected chi connectivity index (χ1v) is 13.1. The zero-order valence-corrected chi connectivity index (χ0v) is 22.1. The van der Waals surface area contributed by atoms with Crippen LogP contribution < -0.4 is 10.6 Å². The molecular weight excluding hydrogens is 468 g/mol. The van der Waals surface area contributed by atoms with Crippen LogP contribution in [-0.2, 0) is 28.9 Å². The van der Waals surface area contributed by atoms with E-state index in [0.29, 0.717) is 29.9 Å². The number of carbonyl (C=O) groups excluding carboxylic acids is 1. The molecule has 3 rings (SSSR count). The van der Waals surface area contributed by atoms with E-state index in [1.54, 1.807) is 24.2 Å². The number of benzene rings is 1. The largest absolute Gasteiger partial charge is 0.444 e. The fourth-order valence-electron chi connectivity index (χ4n) is 3.04. The highest BCUT2D eigenvalue weighted by Gasteiger charge is 2.19. The van der Waals surface area contributed by atoms with Gasteiger partial charge in [0.1, 0.15) is 5.76 Å². The quantitative estimate of drug-likeness (QED) is 0.317. The monoisotopic (exact) mass is 502 g/mol. The predicted molar refractivity (Wildman–Crippen MR) is 138 cm³/mol. The van der Waals surface area contributed by atoms with Crippen molar-refractivity contribution in [3.05, 3.63) is 59.4 Å². The Balaban J connectivity index is 1.47. The van der Waals surface area contributed by atoms with E-state index in [2.05, 4.69) is 41.4 Å². The van der Waals surface area contributed by atoms with Crippen LogP contribution in [0, 0.1) is 5.41 Å². The highest BCUT2D eigenvalue weighted by molar-refractivity contribution is 8.00. The van der Waals surface area contributed by atoms with Crippen molar-refractivity contribution in [3.63, 3.8) is 0 Å². The van der Waals surface area contributed by atoms with Gasteiger partial charge < -0.3 is 20.2 Å². The van der Waals surface area contributed by atoms with Crippen LogP contribution in [0.4, 0.5) is 5.13 Å². The number of carbonyl (C=O) groups is 1. The Bertz CT molecular complexity index is 1090. The van der Waals surface area contributed by atoms with Crippen LogP contribution >= 0.6 is 23.1 Å². The number of thioether (sulfide) groups is 1. The topological polar surface area (TPSA) is 100 Å². The van der Waals surface area contributed by atoms with Crippen LogP contribution in [0.15, 0.2) is 45.3 Å². The Morgan fingerprint density at radius 1 is 1.15 bits per heavy atom. The Hall–Kier alpha value is -2.20. The lowest BCUT2D eigenvalue weighted by Crippen LogP contribution is -2.31. The summed E-state index contributed by atoms with van der Waals surface area (Å²) < 4.78 is 6.82. The predicted octanol–water partition coefficient (Wildman–Crippen LogP) is 5.01. The third-order valence-electron chi connectivity index (χ3n) is 5.08. The Morgan fingerprint density at radius 2 is 1.91 bits per heavy atom. The van der Waals surface area contributed by atoms with Gasteiger partial charge in [0.25, 0.3) is 0 Å². The molecule has 3 N–H and O–H groups in total. The molecule has 34 heavy (non-hydrogen) atoms. The molecule has 184 valence electrons. The van der Waals surface area contributed by atoms with Gasteiger partial charge in [-0.2, -0.15) is 0 Å². The molecule has 0 bridgehead atoms. The summed E-state index contributed by atoms with van der Waals surface area (Å²) in [6, 6.07) is 7.97. The molecule has 0 spiro atoms. The summed E-state index contributed by atoms with van der Waals surface area (Å²) in [4.78, 5) is 21.2. The van der Waals surface area contributed by atoms with Crippen LogP contribution in [0.2, 0.25) is 0 Å². The second kappa shape index (κ2) is 11.5. The van der Waals surface area contributed by atoms with Crippen molar-refractivity contribution in [2.75, 3.05) is 18.5 Å². The maximum atomic E-state index is 12.5. The molecule has 2 aromatic heterocycles. The third-order valence-corrected chi connectivity index (χ3v) is 7.17. The average molecular weight is 503 g/mol. The number of amides is 1. The first-order valence-electron chi connectivity index (χ1n) is 11.3. The van der Waals surface area contributed by atoms with E-state index in [0.717, 1.165) is 21.1 Å². The molecule has 0 aliphatic heterocycles. The summed E-state index contributed by atoms with van der Waals surface area (Å²) in [5.41, 5.74) is 1.83. The molecule has 1 aromatic carbocycles.